The van der Waals surface area contributed by atoms with Crippen LogP contribution in [0, 0.1) is 11.6 Å². The lowest BCUT2D eigenvalue weighted by Crippen LogP contribution is -1.96. The average Bonchev–Trinajstić information content (AvgIpc) is 2.94. The summed E-state index contributed by atoms with van der Waals surface area (Å²) in [5, 5.41) is 0. The minimum Gasteiger partial charge on any atom is -0.493 e. The van der Waals surface area contributed by atoms with E-state index in [1.165, 1.54) is 0 Å². The van der Waals surface area contributed by atoms with Crippen LogP contribution in [0.5, 0.6) is 11.5 Å². The van der Waals surface area contributed by atoms with Gasteiger partial charge in [-0.3, -0.25) is 0 Å². The molecule has 1 aromatic heterocycles. The number of hydrogen-bond donors (Lipinski definition) is 1. The number of hydrogen-bond acceptors (Lipinski definition) is 3. The maximum Gasteiger partial charge on any atom is 0.161 e. The van der Waals surface area contributed by atoms with Crippen LogP contribution in [-0.4, -0.2) is 24.2 Å². The number of H-pyrrole nitrogens is 1. The van der Waals surface area contributed by atoms with Crippen molar-refractivity contribution in [1.82, 2.24) is 9.97 Å². The van der Waals surface area contributed by atoms with Gasteiger partial charge < -0.3 is 14.5 Å². The van der Waals surface area contributed by atoms with E-state index in [2.05, 4.69) is 9.97 Å². The fraction of sp³-hybridized carbons (Fsp3) is 0.235. The largest absolute Gasteiger partial charge is 0.493 e. The smallest absolute Gasteiger partial charge is 0.161 e. The summed E-state index contributed by atoms with van der Waals surface area (Å²) in [6.45, 7) is 0. The number of imidazole rings is 1. The van der Waals surface area contributed by atoms with E-state index in [1.807, 2.05) is 18.2 Å². The third-order valence-electron chi connectivity index (χ3n) is 3.67. The summed E-state index contributed by atoms with van der Waals surface area (Å²) in [5.41, 5.74) is 1.97. The molecule has 0 aliphatic heterocycles. The van der Waals surface area contributed by atoms with Crippen LogP contribution in [0.4, 0.5) is 8.78 Å². The molecule has 3 rings (SSSR count). The molecule has 0 saturated heterocycles. The quantitative estimate of drug-likeness (QED) is 0.781. The highest BCUT2D eigenvalue weighted by atomic mass is 19.2. The van der Waals surface area contributed by atoms with E-state index in [-0.39, 0.29) is 0 Å². The maximum absolute atomic E-state index is 13.2. The Labute approximate surface area is 132 Å². The molecule has 0 aliphatic rings. The molecule has 0 amide bonds. The highest BCUT2D eigenvalue weighted by Gasteiger charge is 2.10. The maximum atomic E-state index is 13.2. The van der Waals surface area contributed by atoms with Crippen LogP contribution in [-0.2, 0) is 12.8 Å². The van der Waals surface area contributed by atoms with Gasteiger partial charge in [0.25, 0.3) is 0 Å². The Kier molecular flexibility index (Phi) is 4.14. The first kappa shape index (κ1) is 15.3. The number of fused-ring (bicyclic) bond motifs is 1. The summed E-state index contributed by atoms with van der Waals surface area (Å²) in [5.74, 6) is 0.243. The molecule has 120 valence electrons. The van der Waals surface area contributed by atoms with E-state index in [1.54, 1.807) is 14.2 Å². The van der Waals surface area contributed by atoms with Gasteiger partial charge in [0.2, 0.25) is 0 Å². The summed E-state index contributed by atoms with van der Waals surface area (Å²) in [7, 11) is 3.17. The predicted octanol–water partition coefficient (Wildman–Crippen LogP) is 3.64. The van der Waals surface area contributed by atoms with Gasteiger partial charge in [0, 0.05) is 18.6 Å². The molecule has 6 heteroatoms. The van der Waals surface area contributed by atoms with Crippen molar-refractivity contribution in [2.75, 3.05) is 14.2 Å². The molecule has 0 saturated carbocycles. The summed E-state index contributed by atoms with van der Waals surface area (Å²) in [6.07, 6.45) is 1.33. The lowest BCUT2D eigenvalue weighted by atomic mass is 10.1. The third kappa shape index (κ3) is 3.11. The normalized spacial score (nSPS) is 11.0. The number of nitrogens with zero attached hydrogens (tertiary/aromatic N) is 1. The molecular formula is C17H16F2N2O2. The van der Waals surface area contributed by atoms with Crippen molar-refractivity contribution in [1.29, 1.82) is 0 Å². The SMILES string of the molecule is COc1ccc(CCc2nc3cc(F)c(F)cc3[nH]2)cc1OC. The standard InChI is InChI=1S/C17H16F2N2O2/c1-22-15-5-3-10(7-16(15)23-2)4-6-17-20-13-8-11(18)12(19)9-14(13)21-17/h3,5,7-9H,4,6H2,1-2H3,(H,20,21). The molecule has 1 heterocycles. The molecule has 23 heavy (non-hydrogen) atoms. The van der Waals surface area contributed by atoms with E-state index in [0.717, 1.165) is 17.7 Å². The van der Waals surface area contributed by atoms with Gasteiger partial charge in [0.15, 0.2) is 23.1 Å². The molecule has 0 unspecified atom stereocenters. The Bertz CT molecular complexity index is 807. The molecule has 0 atom stereocenters. The molecule has 3 aromatic rings. The van der Waals surface area contributed by atoms with Crippen LogP contribution >= 0.6 is 0 Å². The highest BCUT2D eigenvalue weighted by Crippen LogP contribution is 2.28. The van der Waals surface area contributed by atoms with E-state index >= 15 is 0 Å². The van der Waals surface area contributed by atoms with Crippen LogP contribution < -0.4 is 9.47 Å². The molecule has 0 aliphatic carbocycles. The first-order chi connectivity index (χ1) is 11.1. The highest BCUT2D eigenvalue weighted by molar-refractivity contribution is 5.75. The Hall–Kier alpha value is -2.63. The number of aromatic amines is 1. The van der Waals surface area contributed by atoms with Gasteiger partial charge in [-0.15, -0.1) is 0 Å². The lowest BCUT2D eigenvalue weighted by molar-refractivity contribution is 0.354. The van der Waals surface area contributed by atoms with Crippen LogP contribution in [0.15, 0.2) is 30.3 Å². The molecule has 2 aromatic carbocycles. The van der Waals surface area contributed by atoms with Crippen molar-refractivity contribution in [3.8, 4) is 11.5 Å². The summed E-state index contributed by atoms with van der Waals surface area (Å²) in [4.78, 5) is 7.30. The predicted molar refractivity (Wildman–Crippen MR) is 83.0 cm³/mol. The van der Waals surface area contributed by atoms with Gasteiger partial charge in [0.1, 0.15) is 5.82 Å². The molecule has 0 bridgehead atoms. The van der Waals surface area contributed by atoms with E-state index in [9.17, 15) is 8.78 Å². The number of rotatable bonds is 5. The number of methoxy groups -OCH3 is 2. The molecule has 0 spiro atoms. The number of aryl methyl sites for hydroxylation is 2. The molecule has 0 fully saturated rings. The van der Waals surface area contributed by atoms with Crippen LogP contribution in [0.2, 0.25) is 0 Å². The molecule has 1 N–H and O–H groups in total. The summed E-state index contributed by atoms with van der Waals surface area (Å²) < 4.78 is 36.9. The van der Waals surface area contributed by atoms with Gasteiger partial charge in [-0.25, -0.2) is 13.8 Å². The van der Waals surface area contributed by atoms with Crippen molar-refractivity contribution in [2.24, 2.45) is 0 Å². The van der Waals surface area contributed by atoms with E-state index in [0.29, 0.717) is 41.2 Å². The number of benzene rings is 2. The minimum absolute atomic E-state index is 0.422. The third-order valence-corrected chi connectivity index (χ3v) is 3.67. The van der Waals surface area contributed by atoms with Gasteiger partial charge in [0.05, 0.1) is 25.3 Å². The number of halogens is 2. The van der Waals surface area contributed by atoms with Crippen molar-refractivity contribution in [2.45, 2.75) is 12.8 Å². The monoisotopic (exact) mass is 318 g/mol. The second kappa shape index (κ2) is 6.24. The van der Waals surface area contributed by atoms with E-state index in [4.69, 9.17) is 9.47 Å². The number of nitrogens with one attached hydrogen (secondary N) is 1. The fourth-order valence-corrected chi connectivity index (χ4v) is 2.48. The summed E-state index contributed by atoms with van der Waals surface area (Å²) in [6, 6.07) is 7.92. The Balaban J connectivity index is 1.78. The first-order valence-electron chi connectivity index (χ1n) is 7.15. The van der Waals surface area contributed by atoms with Gasteiger partial charge >= 0.3 is 0 Å². The van der Waals surface area contributed by atoms with Crippen LogP contribution in [0.1, 0.15) is 11.4 Å². The van der Waals surface area contributed by atoms with E-state index < -0.39 is 11.6 Å². The van der Waals surface area contributed by atoms with Crippen LogP contribution in [0.3, 0.4) is 0 Å². The Morgan fingerprint density at radius 1 is 0.957 bits per heavy atom. The van der Waals surface area contributed by atoms with Crippen LogP contribution in [0.25, 0.3) is 11.0 Å². The second-order valence-electron chi connectivity index (χ2n) is 5.16. The average molecular weight is 318 g/mol. The molecule has 4 nitrogen and oxygen atoms in total. The van der Waals surface area contributed by atoms with Crippen molar-refractivity contribution in [3.63, 3.8) is 0 Å². The number of aromatic nitrogens is 2. The van der Waals surface area contributed by atoms with Crippen molar-refractivity contribution >= 4 is 11.0 Å². The van der Waals surface area contributed by atoms with Crippen molar-refractivity contribution in [3.05, 3.63) is 53.4 Å². The minimum atomic E-state index is -0.893. The lowest BCUT2D eigenvalue weighted by Gasteiger charge is -2.09. The molecular weight excluding hydrogens is 302 g/mol. The zero-order valence-corrected chi connectivity index (χ0v) is 12.8. The topological polar surface area (TPSA) is 47.1 Å². The fourth-order valence-electron chi connectivity index (χ4n) is 2.48. The number of ether oxygens (including phenoxy) is 2. The molecule has 0 radical (unpaired) electrons. The van der Waals surface area contributed by atoms with Crippen molar-refractivity contribution < 1.29 is 18.3 Å². The van der Waals surface area contributed by atoms with Gasteiger partial charge in [-0.05, 0) is 24.1 Å². The zero-order valence-electron chi connectivity index (χ0n) is 12.8. The van der Waals surface area contributed by atoms with Gasteiger partial charge in [-0.1, -0.05) is 6.07 Å². The Morgan fingerprint density at radius 2 is 1.70 bits per heavy atom. The first-order valence-corrected chi connectivity index (χ1v) is 7.15. The summed E-state index contributed by atoms with van der Waals surface area (Å²) >= 11 is 0. The second-order valence-corrected chi connectivity index (χ2v) is 5.16. The van der Waals surface area contributed by atoms with Gasteiger partial charge in [-0.2, -0.15) is 0 Å². The zero-order chi connectivity index (χ0) is 16.4. The Morgan fingerprint density at radius 3 is 2.43 bits per heavy atom.